The smallest absolute Gasteiger partial charge is 0.313 e. The molecule has 0 atom stereocenters. The van der Waals surface area contributed by atoms with Crippen molar-refractivity contribution in [2.45, 2.75) is 0 Å². The number of hydrogen-bond donors (Lipinski definition) is 1. The number of phenols is 1. The Morgan fingerprint density at radius 3 is 2.33 bits per heavy atom. The maximum Gasteiger partial charge on any atom is 0.313 e. The van der Waals surface area contributed by atoms with Gasteiger partial charge in [0, 0.05) is 11.6 Å². The van der Waals surface area contributed by atoms with Crippen molar-refractivity contribution in [3.63, 3.8) is 0 Å². The maximum absolute atomic E-state index is 11.7. The summed E-state index contributed by atoms with van der Waals surface area (Å²) in [5, 5.41) is 20.9. The zero-order valence-electron chi connectivity index (χ0n) is 10.8. The minimum atomic E-state index is -3.63. The third kappa shape index (κ3) is 2.00. The van der Waals surface area contributed by atoms with Gasteiger partial charge in [0.15, 0.2) is 0 Å². The van der Waals surface area contributed by atoms with Crippen molar-refractivity contribution in [2.75, 3.05) is 10.6 Å². The van der Waals surface area contributed by atoms with E-state index in [9.17, 15) is 23.6 Å². The number of anilines is 2. The lowest BCUT2D eigenvalue weighted by molar-refractivity contribution is -0.385. The second kappa shape index (κ2) is 4.19. The maximum atomic E-state index is 11.7. The minimum absolute atomic E-state index is 0.0226. The fraction of sp³-hybridized carbons (Fsp3) is 0.0769. The zero-order chi connectivity index (χ0) is 15.4. The Labute approximate surface area is 120 Å². The van der Waals surface area contributed by atoms with Crippen molar-refractivity contribution in [3.05, 3.63) is 46.5 Å². The van der Waals surface area contributed by atoms with Crippen LogP contribution in [0.5, 0.6) is 5.75 Å². The van der Waals surface area contributed by atoms with Crippen molar-refractivity contribution >= 4 is 27.1 Å². The summed E-state index contributed by atoms with van der Waals surface area (Å²) in [7, 11) is -3.63. The molecule has 1 aliphatic rings. The third-order valence-corrected chi connectivity index (χ3v) is 4.23. The van der Waals surface area contributed by atoms with E-state index in [1.165, 1.54) is 6.07 Å². The summed E-state index contributed by atoms with van der Waals surface area (Å²) in [5.41, 5.74) is 0.791. The predicted molar refractivity (Wildman–Crippen MR) is 77.2 cm³/mol. The van der Waals surface area contributed by atoms with Gasteiger partial charge in [-0.25, -0.2) is 12.7 Å². The van der Waals surface area contributed by atoms with Crippen molar-refractivity contribution in [1.29, 1.82) is 0 Å². The normalized spacial score (nSPS) is 12.9. The number of phenolic OH excluding ortho intramolecular Hbond substituents is 1. The first-order valence-electron chi connectivity index (χ1n) is 5.92. The lowest BCUT2D eigenvalue weighted by Gasteiger charge is -2.01. The van der Waals surface area contributed by atoms with Crippen molar-refractivity contribution in [2.24, 2.45) is 0 Å². The van der Waals surface area contributed by atoms with Gasteiger partial charge in [0.2, 0.25) is 15.8 Å². The second-order valence-corrected chi connectivity index (χ2v) is 6.47. The van der Waals surface area contributed by atoms with Crippen LogP contribution in [0.4, 0.5) is 17.1 Å². The van der Waals surface area contributed by atoms with Crippen molar-refractivity contribution < 1.29 is 18.4 Å². The summed E-state index contributed by atoms with van der Waals surface area (Å²) in [5.74, 6) is -0.625. The van der Waals surface area contributed by atoms with E-state index in [-0.39, 0.29) is 11.4 Å². The number of benzene rings is 2. The van der Waals surface area contributed by atoms with E-state index >= 15 is 0 Å². The van der Waals surface area contributed by atoms with E-state index in [0.717, 1.165) is 10.6 Å². The molecule has 8 heteroatoms. The molecule has 21 heavy (non-hydrogen) atoms. The number of nitrogens with zero attached hydrogens (tertiary/aromatic N) is 2. The number of rotatable bonds is 3. The van der Waals surface area contributed by atoms with Crippen LogP contribution in [-0.4, -0.2) is 24.7 Å². The summed E-state index contributed by atoms with van der Waals surface area (Å²) in [6.07, 6.45) is 0.979. The number of hydrogen-bond acceptors (Lipinski definition) is 5. The summed E-state index contributed by atoms with van der Waals surface area (Å²) in [6, 6.07) is 9.89. The lowest BCUT2D eigenvalue weighted by Crippen LogP contribution is -2.10. The van der Waals surface area contributed by atoms with Crippen LogP contribution in [0.1, 0.15) is 0 Å². The molecule has 0 aliphatic carbocycles. The highest BCUT2D eigenvalue weighted by Crippen LogP contribution is 2.63. The molecule has 0 unspecified atom stereocenters. The van der Waals surface area contributed by atoms with E-state index in [1.54, 1.807) is 30.3 Å². The van der Waals surface area contributed by atoms with Gasteiger partial charge >= 0.3 is 5.69 Å². The predicted octanol–water partition coefficient (Wildman–Crippen LogP) is 2.38. The monoisotopic (exact) mass is 306 g/mol. The van der Waals surface area contributed by atoms with Crippen LogP contribution in [0.15, 0.2) is 36.4 Å². The molecule has 0 saturated heterocycles. The van der Waals surface area contributed by atoms with Gasteiger partial charge in [-0.1, -0.05) is 30.3 Å². The average molecular weight is 306 g/mol. The molecule has 1 N–H and O–H groups in total. The Bertz CT molecular complexity index is 862. The Kier molecular flexibility index (Phi) is 2.67. The number of nitro groups is 1. The number of nitro benzene ring substituents is 1. The molecule has 1 heterocycles. The van der Waals surface area contributed by atoms with Gasteiger partial charge in [-0.05, 0) is 5.56 Å². The number of sulfonamides is 1. The number of aromatic hydroxyl groups is 1. The van der Waals surface area contributed by atoms with E-state index in [1.807, 2.05) is 0 Å². The molecule has 0 radical (unpaired) electrons. The lowest BCUT2D eigenvalue weighted by atomic mass is 10.0. The SMILES string of the molecule is CS(=O)(=O)N1c2c(-c3ccccc3)cc([N+](=O)[O-])c(O)c21. The molecular formula is C13H10N2O5S. The molecule has 108 valence electrons. The Morgan fingerprint density at radius 2 is 1.81 bits per heavy atom. The molecule has 0 bridgehead atoms. The Balaban J connectivity index is 2.29. The fourth-order valence-electron chi connectivity index (χ4n) is 2.30. The molecular weight excluding hydrogens is 296 g/mol. The summed E-state index contributed by atoms with van der Waals surface area (Å²) in [6.45, 7) is 0. The molecule has 0 amide bonds. The molecule has 0 spiro atoms. The first kappa shape index (κ1) is 13.4. The first-order chi connectivity index (χ1) is 9.82. The molecule has 0 saturated carbocycles. The van der Waals surface area contributed by atoms with Crippen LogP contribution >= 0.6 is 0 Å². The molecule has 1 aliphatic heterocycles. The zero-order valence-corrected chi connectivity index (χ0v) is 11.7. The van der Waals surface area contributed by atoms with Gasteiger partial charge in [-0.3, -0.25) is 10.1 Å². The topological polar surface area (TPSA) is 101 Å². The highest BCUT2D eigenvalue weighted by molar-refractivity contribution is 7.93. The quantitative estimate of drug-likeness (QED) is 0.533. The van der Waals surface area contributed by atoms with Gasteiger partial charge in [0.1, 0.15) is 5.69 Å². The third-order valence-electron chi connectivity index (χ3n) is 3.20. The first-order valence-corrected chi connectivity index (χ1v) is 7.77. The largest absolute Gasteiger partial charge is 0.501 e. The van der Waals surface area contributed by atoms with Gasteiger partial charge in [0.05, 0.1) is 16.9 Å². The summed E-state index contributed by atoms with van der Waals surface area (Å²) < 4.78 is 24.3. The van der Waals surface area contributed by atoms with E-state index in [4.69, 9.17) is 0 Å². The fourth-order valence-corrected chi connectivity index (χ4v) is 3.28. The standard InChI is InChI=1S/C13H10N2O5S/c1-21(19,20)14-11-9(8-5-3-2-4-6-8)7-10(15(17)18)13(16)12(11)14/h2-7,16H,1H3. The highest BCUT2D eigenvalue weighted by atomic mass is 32.2. The van der Waals surface area contributed by atoms with Crippen LogP contribution < -0.4 is 4.31 Å². The minimum Gasteiger partial charge on any atom is -0.501 e. The van der Waals surface area contributed by atoms with Gasteiger partial charge in [-0.2, -0.15) is 0 Å². The van der Waals surface area contributed by atoms with Crippen LogP contribution in [0.3, 0.4) is 0 Å². The van der Waals surface area contributed by atoms with Crippen LogP contribution in [0.25, 0.3) is 11.1 Å². The Hall–Kier alpha value is -2.61. The van der Waals surface area contributed by atoms with E-state index < -0.39 is 26.4 Å². The molecule has 3 rings (SSSR count). The number of fused-ring (bicyclic) bond motifs is 1. The molecule has 7 nitrogen and oxygen atoms in total. The van der Waals surface area contributed by atoms with Gasteiger partial charge in [-0.15, -0.1) is 0 Å². The molecule has 0 fully saturated rings. The summed E-state index contributed by atoms with van der Waals surface area (Å²) >= 11 is 0. The van der Waals surface area contributed by atoms with E-state index in [0.29, 0.717) is 11.1 Å². The van der Waals surface area contributed by atoms with Gasteiger partial charge < -0.3 is 5.11 Å². The van der Waals surface area contributed by atoms with Gasteiger partial charge in [0.25, 0.3) is 0 Å². The van der Waals surface area contributed by atoms with E-state index in [2.05, 4.69) is 0 Å². The van der Waals surface area contributed by atoms with Crippen molar-refractivity contribution in [1.82, 2.24) is 0 Å². The molecule has 2 aromatic rings. The highest BCUT2D eigenvalue weighted by Gasteiger charge is 2.46. The molecule has 2 aromatic carbocycles. The van der Waals surface area contributed by atoms with Crippen LogP contribution in [-0.2, 0) is 10.0 Å². The average Bonchev–Trinajstić information content (AvgIpc) is 3.16. The Morgan fingerprint density at radius 1 is 1.19 bits per heavy atom. The summed E-state index contributed by atoms with van der Waals surface area (Å²) in [4.78, 5) is 10.3. The van der Waals surface area contributed by atoms with Crippen LogP contribution in [0.2, 0.25) is 0 Å². The second-order valence-electron chi connectivity index (χ2n) is 4.64. The molecule has 0 aromatic heterocycles. The van der Waals surface area contributed by atoms with Crippen LogP contribution in [0, 0.1) is 10.1 Å². The van der Waals surface area contributed by atoms with Crippen molar-refractivity contribution in [3.8, 4) is 16.9 Å².